The van der Waals surface area contributed by atoms with E-state index in [1.807, 2.05) is 13.2 Å². The maximum atomic E-state index is 12.8. The number of aryl methyl sites for hydroxylation is 2. The second-order valence-electron chi connectivity index (χ2n) is 5.13. The van der Waals surface area contributed by atoms with Crippen LogP contribution in [0.2, 0.25) is 0 Å². The van der Waals surface area contributed by atoms with E-state index in [9.17, 15) is 8.42 Å². The lowest BCUT2D eigenvalue weighted by atomic mass is 10.4. The first-order valence-corrected chi connectivity index (χ1v) is 9.72. The van der Waals surface area contributed by atoms with Crippen LogP contribution < -0.4 is 0 Å². The van der Waals surface area contributed by atoms with E-state index >= 15 is 0 Å². The van der Waals surface area contributed by atoms with Crippen molar-refractivity contribution >= 4 is 21.8 Å². The molecule has 0 aliphatic carbocycles. The molecule has 122 valence electrons. The molecule has 6 nitrogen and oxygen atoms in total. The Kier molecular flexibility index (Phi) is 6.71. The fraction of sp³-hybridized carbons (Fsp3) is 0.769. The van der Waals surface area contributed by atoms with E-state index in [-0.39, 0.29) is 17.5 Å². The minimum atomic E-state index is -3.55. The smallest absolute Gasteiger partial charge is 0.246 e. The first-order valence-electron chi connectivity index (χ1n) is 6.89. The largest absolute Gasteiger partial charge is 0.396 e. The van der Waals surface area contributed by atoms with Crippen LogP contribution in [0.15, 0.2) is 4.90 Å². The van der Waals surface area contributed by atoms with Crippen molar-refractivity contribution in [3.05, 3.63) is 11.4 Å². The van der Waals surface area contributed by atoms with Crippen LogP contribution in [0.1, 0.15) is 24.7 Å². The summed E-state index contributed by atoms with van der Waals surface area (Å²) in [5, 5.41) is 13.2. The highest BCUT2D eigenvalue weighted by Gasteiger charge is 2.31. The molecule has 8 heteroatoms. The van der Waals surface area contributed by atoms with Gasteiger partial charge in [0.1, 0.15) is 4.90 Å². The Labute approximate surface area is 131 Å². The fourth-order valence-corrected chi connectivity index (χ4v) is 4.75. The van der Waals surface area contributed by atoms with Gasteiger partial charge in [-0.15, -0.1) is 0 Å². The van der Waals surface area contributed by atoms with Crippen LogP contribution >= 0.6 is 11.8 Å². The van der Waals surface area contributed by atoms with Crippen molar-refractivity contribution in [3.8, 4) is 0 Å². The number of rotatable bonds is 8. The maximum absolute atomic E-state index is 12.8. The monoisotopic (exact) mass is 335 g/mol. The van der Waals surface area contributed by atoms with Gasteiger partial charge in [-0.2, -0.15) is 21.2 Å². The number of aromatic nitrogens is 2. The van der Waals surface area contributed by atoms with E-state index in [0.29, 0.717) is 24.4 Å². The molecule has 0 radical (unpaired) electrons. The molecule has 0 saturated carbocycles. The van der Waals surface area contributed by atoms with Gasteiger partial charge < -0.3 is 5.11 Å². The third-order valence-electron chi connectivity index (χ3n) is 3.51. The molecule has 0 saturated heterocycles. The van der Waals surface area contributed by atoms with Crippen molar-refractivity contribution in [2.24, 2.45) is 0 Å². The molecule has 0 bridgehead atoms. The molecule has 0 aromatic carbocycles. The lowest BCUT2D eigenvalue weighted by molar-refractivity contribution is 0.276. The summed E-state index contributed by atoms with van der Waals surface area (Å²) in [7, 11) is -1.94. The Balaban J connectivity index is 3.17. The van der Waals surface area contributed by atoms with Crippen molar-refractivity contribution in [2.75, 3.05) is 25.7 Å². The molecular weight excluding hydrogens is 310 g/mol. The average Bonchev–Trinajstić information content (AvgIpc) is 2.70. The van der Waals surface area contributed by atoms with Crippen LogP contribution in [0, 0.1) is 13.8 Å². The SMILES string of the molecule is CSCC(C)N(C)S(=O)(=O)c1c(C)nn(CCCO)c1C. The van der Waals surface area contributed by atoms with Gasteiger partial charge in [-0.3, -0.25) is 4.68 Å². The van der Waals surface area contributed by atoms with Crippen LogP contribution in [-0.4, -0.2) is 59.3 Å². The first-order chi connectivity index (χ1) is 9.77. The molecule has 1 atom stereocenters. The van der Waals surface area contributed by atoms with Crippen molar-refractivity contribution in [1.29, 1.82) is 0 Å². The van der Waals surface area contributed by atoms with Gasteiger partial charge in [-0.25, -0.2) is 8.42 Å². The zero-order valence-electron chi connectivity index (χ0n) is 13.3. The van der Waals surface area contributed by atoms with Crippen molar-refractivity contribution in [2.45, 2.75) is 44.7 Å². The molecule has 0 fully saturated rings. The molecule has 0 aliphatic heterocycles. The summed E-state index contributed by atoms with van der Waals surface area (Å²) in [5.74, 6) is 0.743. The summed E-state index contributed by atoms with van der Waals surface area (Å²) >= 11 is 1.62. The van der Waals surface area contributed by atoms with Gasteiger partial charge in [0.05, 0.1) is 11.4 Å². The number of hydrogen-bond donors (Lipinski definition) is 1. The Morgan fingerprint density at radius 2 is 2.05 bits per heavy atom. The summed E-state index contributed by atoms with van der Waals surface area (Å²) in [4.78, 5) is 0.288. The second kappa shape index (κ2) is 7.62. The summed E-state index contributed by atoms with van der Waals surface area (Å²) in [6.45, 7) is 5.95. The van der Waals surface area contributed by atoms with Gasteiger partial charge in [-0.05, 0) is 33.4 Å². The van der Waals surface area contributed by atoms with Gasteiger partial charge in [-0.1, -0.05) is 0 Å². The lowest BCUT2D eigenvalue weighted by Crippen LogP contribution is -2.37. The molecule has 1 unspecified atom stereocenters. The predicted molar refractivity (Wildman–Crippen MR) is 86.2 cm³/mol. The van der Waals surface area contributed by atoms with Crippen LogP contribution in [0.3, 0.4) is 0 Å². The summed E-state index contributed by atoms with van der Waals surface area (Å²) in [6, 6.07) is -0.0791. The standard InChI is InChI=1S/C13H25N3O3S2/c1-10(9-20-5)15(4)21(18,19)13-11(2)14-16(12(13)3)7-6-8-17/h10,17H,6-9H2,1-5H3. The average molecular weight is 335 g/mol. The van der Waals surface area contributed by atoms with E-state index in [1.165, 1.54) is 4.31 Å². The molecule has 0 aliphatic rings. The number of thioether (sulfide) groups is 1. The normalized spacial score (nSPS) is 13.9. The van der Waals surface area contributed by atoms with Gasteiger partial charge in [0.25, 0.3) is 0 Å². The highest BCUT2D eigenvalue weighted by molar-refractivity contribution is 7.98. The van der Waals surface area contributed by atoms with Crippen LogP contribution in [0.5, 0.6) is 0 Å². The number of hydrogen-bond acceptors (Lipinski definition) is 5. The predicted octanol–water partition coefficient (Wildman–Crippen LogP) is 1.25. The molecule has 1 N–H and O–H groups in total. The van der Waals surface area contributed by atoms with Crippen LogP contribution in [0.25, 0.3) is 0 Å². The number of aliphatic hydroxyl groups is 1. The van der Waals surface area contributed by atoms with E-state index < -0.39 is 10.0 Å². The summed E-state index contributed by atoms with van der Waals surface area (Å²) in [5.41, 5.74) is 1.14. The highest BCUT2D eigenvalue weighted by atomic mass is 32.2. The number of aliphatic hydroxyl groups excluding tert-OH is 1. The minimum absolute atomic E-state index is 0.0606. The molecule has 0 spiro atoms. The molecular formula is C13H25N3O3S2. The molecule has 1 heterocycles. The molecule has 21 heavy (non-hydrogen) atoms. The molecule has 1 aromatic heterocycles. The van der Waals surface area contributed by atoms with Crippen molar-refractivity contribution < 1.29 is 13.5 Å². The molecule has 1 aromatic rings. The van der Waals surface area contributed by atoms with E-state index in [0.717, 1.165) is 5.75 Å². The van der Waals surface area contributed by atoms with E-state index in [1.54, 1.807) is 37.3 Å². The topological polar surface area (TPSA) is 75.4 Å². The molecule has 0 amide bonds. The highest BCUT2D eigenvalue weighted by Crippen LogP contribution is 2.24. The number of sulfonamides is 1. The van der Waals surface area contributed by atoms with Crippen molar-refractivity contribution in [3.63, 3.8) is 0 Å². The van der Waals surface area contributed by atoms with Crippen LogP contribution in [-0.2, 0) is 16.6 Å². The minimum Gasteiger partial charge on any atom is -0.396 e. The van der Waals surface area contributed by atoms with E-state index in [4.69, 9.17) is 5.11 Å². The van der Waals surface area contributed by atoms with Crippen LogP contribution in [0.4, 0.5) is 0 Å². The van der Waals surface area contributed by atoms with Gasteiger partial charge in [0.2, 0.25) is 10.0 Å². The Morgan fingerprint density at radius 3 is 2.57 bits per heavy atom. The zero-order chi connectivity index (χ0) is 16.2. The van der Waals surface area contributed by atoms with Gasteiger partial charge >= 0.3 is 0 Å². The van der Waals surface area contributed by atoms with Crippen molar-refractivity contribution in [1.82, 2.24) is 14.1 Å². The van der Waals surface area contributed by atoms with Gasteiger partial charge in [0.15, 0.2) is 0 Å². The van der Waals surface area contributed by atoms with E-state index in [2.05, 4.69) is 5.10 Å². The third-order valence-corrected chi connectivity index (χ3v) is 6.55. The van der Waals surface area contributed by atoms with Gasteiger partial charge in [0, 0.05) is 32.0 Å². The summed E-state index contributed by atoms with van der Waals surface area (Å²) < 4.78 is 28.7. The zero-order valence-corrected chi connectivity index (χ0v) is 15.0. The third kappa shape index (κ3) is 4.00. The Bertz CT molecular complexity index is 569. The maximum Gasteiger partial charge on any atom is 0.246 e. The summed E-state index contributed by atoms with van der Waals surface area (Å²) in [6.07, 6.45) is 2.51. The Morgan fingerprint density at radius 1 is 1.43 bits per heavy atom. The fourth-order valence-electron chi connectivity index (χ4n) is 2.22. The lowest BCUT2D eigenvalue weighted by Gasteiger charge is -2.23. The second-order valence-corrected chi connectivity index (χ2v) is 7.97. The quantitative estimate of drug-likeness (QED) is 0.774. The first kappa shape index (κ1) is 18.5. The number of nitrogens with zero attached hydrogens (tertiary/aromatic N) is 3. The molecule has 1 rings (SSSR count). The Hall–Kier alpha value is -0.570.